The van der Waals surface area contributed by atoms with Gasteiger partial charge < -0.3 is 24.3 Å². The second-order valence-electron chi connectivity index (χ2n) is 7.95. The van der Waals surface area contributed by atoms with Crippen molar-refractivity contribution in [1.29, 1.82) is 0 Å². The quantitative estimate of drug-likeness (QED) is 0.536. The highest BCUT2D eigenvalue weighted by atomic mass is 32.2. The molecule has 0 saturated carbocycles. The maximum absolute atomic E-state index is 12.5. The summed E-state index contributed by atoms with van der Waals surface area (Å²) in [6, 6.07) is 15.4. The third-order valence-electron chi connectivity index (χ3n) is 5.73. The van der Waals surface area contributed by atoms with Crippen molar-refractivity contribution in [2.24, 2.45) is 7.05 Å². The summed E-state index contributed by atoms with van der Waals surface area (Å²) in [6.07, 6.45) is 0.503. The molecule has 2 aromatic carbocycles. The molecule has 10 heteroatoms. The fourth-order valence-corrected chi connectivity index (χ4v) is 4.68. The molecule has 170 valence electrons. The molecule has 3 heterocycles. The summed E-state index contributed by atoms with van der Waals surface area (Å²) in [4.78, 5) is 26.7. The number of nitrogens with zero attached hydrogens (tertiary/aromatic N) is 4. The first-order valence-electron chi connectivity index (χ1n) is 10.6. The second-order valence-corrected chi connectivity index (χ2v) is 8.89. The Balaban J connectivity index is 1.16. The minimum absolute atomic E-state index is 0.115. The molecule has 0 unspecified atom stereocenters. The Labute approximate surface area is 195 Å². The molecule has 2 amide bonds. The van der Waals surface area contributed by atoms with Gasteiger partial charge in [-0.25, -0.2) is 0 Å². The van der Waals surface area contributed by atoms with Gasteiger partial charge in [0, 0.05) is 37.7 Å². The smallest absolute Gasteiger partial charge is 0.234 e. The van der Waals surface area contributed by atoms with E-state index in [4.69, 9.17) is 9.47 Å². The van der Waals surface area contributed by atoms with Crippen LogP contribution in [0.3, 0.4) is 0 Å². The van der Waals surface area contributed by atoms with Crippen LogP contribution in [0.2, 0.25) is 0 Å². The van der Waals surface area contributed by atoms with Gasteiger partial charge in [0.1, 0.15) is 0 Å². The number of likely N-dealkylation sites (tertiary alicyclic amines) is 1. The predicted molar refractivity (Wildman–Crippen MR) is 122 cm³/mol. The SMILES string of the molecule is Cn1c(CN2C[C@H](c3ccccc3)CC2=O)nnc1SCC(=O)Nc1ccc2c(c1)OCO2. The Morgan fingerprint density at radius 1 is 1.15 bits per heavy atom. The van der Waals surface area contributed by atoms with Crippen molar-refractivity contribution < 1.29 is 19.1 Å². The molecule has 0 aliphatic carbocycles. The minimum atomic E-state index is -0.163. The zero-order chi connectivity index (χ0) is 22.8. The minimum Gasteiger partial charge on any atom is -0.454 e. The number of carbonyl (C=O) groups is 2. The number of benzene rings is 2. The van der Waals surface area contributed by atoms with Gasteiger partial charge in [-0.3, -0.25) is 9.59 Å². The van der Waals surface area contributed by atoms with Gasteiger partial charge in [0.05, 0.1) is 12.3 Å². The molecule has 5 rings (SSSR count). The average molecular weight is 466 g/mol. The van der Waals surface area contributed by atoms with Gasteiger partial charge in [0.2, 0.25) is 18.6 Å². The highest BCUT2D eigenvalue weighted by molar-refractivity contribution is 7.99. The normalized spacial score (nSPS) is 16.9. The van der Waals surface area contributed by atoms with Gasteiger partial charge in [-0.2, -0.15) is 0 Å². The fraction of sp³-hybridized carbons (Fsp3) is 0.304. The number of anilines is 1. The molecule has 1 N–H and O–H groups in total. The van der Waals surface area contributed by atoms with E-state index in [1.54, 1.807) is 18.2 Å². The molecule has 2 aliphatic heterocycles. The third kappa shape index (κ3) is 4.65. The summed E-state index contributed by atoms with van der Waals surface area (Å²) in [7, 11) is 1.85. The Morgan fingerprint density at radius 2 is 1.97 bits per heavy atom. The number of nitrogens with one attached hydrogen (secondary N) is 1. The summed E-state index contributed by atoms with van der Waals surface area (Å²) >= 11 is 1.29. The van der Waals surface area contributed by atoms with E-state index in [2.05, 4.69) is 27.6 Å². The third-order valence-corrected chi connectivity index (χ3v) is 6.75. The van der Waals surface area contributed by atoms with Gasteiger partial charge in [-0.15, -0.1) is 10.2 Å². The predicted octanol–water partition coefficient (Wildman–Crippen LogP) is 2.79. The first-order valence-corrected chi connectivity index (χ1v) is 11.6. The van der Waals surface area contributed by atoms with Crippen molar-refractivity contribution in [3.05, 3.63) is 59.9 Å². The van der Waals surface area contributed by atoms with Crippen LogP contribution in [0.5, 0.6) is 11.5 Å². The number of amides is 2. The van der Waals surface area contributed by atoms with E-state index in [1.807, 2.05) is 34.7 Å². The highest BCUT2D eigenvalue weighted by Crippen LogP contribution is 2.34. The fourth-order valence-electron chi connectivity index (χ4n) is 3.95. The first-order chi connectivity index (χ1) is 16.1. The molecule has 1 aromatic heterocycles. The maximum Gasteiger partial charge on any atom is 0.234 e. The van der Waals surface area contributed by atoms with E-state index in [9.17, 15) is 9.59 Å². The summed E-state index contributed by atoms with van der Waals surface area (Å²) in [5.74, 6) is 2.30. The van der Waals surface area contributed by atoms with Gasteiger partial charge in [-0.1, -0.05) is 42.1 Å². The molecular weight excluding hydrogens is 442 g/mol. The molecule has 1 fully saturated rings. The van der Waals surface area contributed by atoms with Crippen molar-refractivity contribution >= 4 is 29.3 Å². The van der Waals surface area contributed by atoms with Crippen LogP contribution in [-0.4, -0.2) is 50.6 Å². The lowest BCUT2D eigenvalue weighted by Crippen LogP contribution is -2.26. The van der Waals surface area contributed by atoms with Crippen LogP contribution in [0.4, 0.5) is 5.69 Å². The van der Waals surface area contributed by atoms with Crippen molar-refractivity contribution in [3.63, 3.8) is 0 Å². The zero-order valence-corrected chi connectivity index (χ0v) is 18.9. The van der Waals surface area contributed by atoms with Gasteiger partial charge in [0.25, 0.3) is 0 Å². The second kappa shape index (κ2) is 9.14. The molecule has 0 radical (unpaired) electrons. The van der Waals surface area contributed by atoms with Crippen LogP contribution in [-0.2, 0) is 23.2 Å². The van der Waals surface area contributed by atoms with E-state index in [0.29, 0.717) is 47.7 Å². The lowest BCUT2D eigenvalue weighted by atomic mass is 9.99. The lowest BCUT2D eigenvalue weighted by molar-refractivity contribution is -0.128. The van der Waals surface area contributed by atoms with Crippen molar-refractivity contribution in [2.75, 3.05) is 24.4 Å². The molecule has 3 aromatic rings. The van der Waals surface area contributed by atoms with E-state index in [-0.39, 0.29) is 30.3 Å². The van der Waals surface area contributed by atoms with Crippen molar-refractivity contribution in [3.8, 4) is 11.5 Å². The number of aromatic nitrogens is 3. The largest absolute Gasteiger partial charge is 0.454 e. The van der Waals surface area contributed by atoms with Gasteiger partial charge in [-0.05, 0) is 17.7 Å². The Bertz CT molecular complexity index is 1180. The monoisotopic (exact) mass is 465 g/mol. The van der Waals surface area contributed by atoms with Crippen LogP contribution >= 0.6 is 11.8 Å². The van der Waals surface area contributed by atoms with E-state index in [1.165, 1.54) is 17.3 Å². The zero-order valence-electron chi connectivity index (χ0n) is 18.1. The standard InChI is InChI=1S/C23H23N5O4S/c1-27-20(12-28-11-16(9-22(28)30)15-5-3-2-4-6-15)25-26-23(27)33-13-21(29)24-17-7-8-18-19(10-17)32-14-31-18/h2-8,10,16H,9,11-14H2,1H3,(H,24,29)/t16-/m1/s1. The van der Waals surface area contributed by atoms with Gasteiger partial charge >= 0.3 is 0 Å². The highest BCUT2D eigenvalue weighted by Gasteiger charge is 2.31. The van der Waals surface area contributed by atoms with Crippen molar-refractivity contribution in [2.45, 2.75) is 24.0 Å². The lowest BCUT2D eigenvalue weighted by Gasteiger charge is -2.16. The van der Waals surface area contributed by atoms with E-state index < -0.39 is 0 Å². The van der Waals surface area contributed by atoms with Crippen LogP contribution < -0.4 is 14.8 Å². The van der Waals surface area contributed by atoms with Crippen LogP contribution in [0.25, 0.3) is 0 Å². The Kier molecular flexibility index (Phi) is 5.91. The van der Waals surface area contributed by atoms with E-state index in [0.717, 1.165) is 0 Å². The topological polar surface area (TPSA) is 98.6 Å². The number of hydrogen-bond acceptors (Lipinski definition) is 7. The summed E-state index contributed by atoms with van der Waals surface area (Å²) in [5, 5.41) is 11.9. The molecule has 0 spiro atoms. The van der Waals surface area contributed by atoms with Gasteiger partial charge in [0.15, 0.2) is 22.5 Å². The summed E-state index contributed by atoms with van der Waals surface area (Å²) in [5.41, 5.74) is 1.82. The Hall–Kier alpha value is -3.53. The van der Waals surface area contributed by atoms with Crippen molar-refractivity contribution in [1.82, 2.24) is 19.7 Å². The molecule has 9 nitrogen and oxygen atoms in total. The van der Waals surface area contributed by atoms with Crippen LogP contribution in [0.1, 0.15) is 23.7 Å². The van der Waals surface area contributed by atoms with E-state index >= 15 is 0 Å². The Morgan fingerprint density at radius 3 is 2.82 bits per heavy atom. The maximum atomic E-state index is 12.5. The molecule has 2 aliphatic rings. The molecule has 0 bridgehead atoms. The number of thioether (sulfide) groups is 1. The van der Waals surface area contributed by atoms with Crippen LogP contribution in [0.15, 0.2) is 53.7 Å². The summed E-state index contributed by atoms with van der Waals surface area (Å²) < 4.78 is 12.4. The number of hydrogen-bond donors (Lipinski definition) is 1. The molecule has 33 heavy (non-hydrogen) atoms. The number of fused-ring (bicyclic) bond motifs is 1. The summed E-state index contributed by atoms with van der Waals surface area (Å²) in [6.45, 7) is 1.25. The first kappa shape index (κ1) is 21.3. The molecule has 1 saturated heterocycles. The average Bonchev–Trinajstić information content (AvgIpc) is 3.53. The number of ether oxygens (including phenoxy) is 2. The number of carbonyl (C=O) groups excluding carboxylic acids is 2. The molecular formula is C23H23N5O4S. The molecule has 1 atom stereocenters. The van der Waals surface area contributed by atoms with Crippen LogP contribution in [0, 0.1) is 0 Å². The number of rotatable bonds is 7.